The molecule has 0 N–H and O–H groups in total. The van der Waals surface area contributed by atoms with Gasteiger partial charge in [0.25, 0.3) is 5.19 Å². The van der Waals surface area contributed by atoms with E-state index in [1.54, 1.807) is 0 Å². The number of sulfone groups is 1. The van der Waals surface area contributed by atoms with E-state index in [2.05, 4.69) is 22.0 Å². The molecular weight excluding hydrogens is 452 g/mol. The first-order valence-electron chi connectivity index (χ1n) is 10.6. The first kappa shape index (κ1) is 21.2. The highest BCUT2D eigenvalue weighted by Gasteiger charge is 2.41. The summed E-state index contributed by atoms with van der Waals surface area (Å²) < 4.78 is 30.4. The van der Waals surface area contributed by atoms with Crippen molar-refractivity contribution in [2.45, 2.75) is 44.3 Å². The van der Waals surface area contributed by atoms with E-state index in [-0.39, 0.29) is 0 Å². The Morgan fingerprint density at radius 3 is 2.48 bits per heavy atom. The summed E-state index contributed by atoms with van der Waals surface area (Å²) >= 11 is 7.69. The Morgan fingerprint density at radius 2 is 1.84 bits per heavy atom. The van der Waals surface area contributed by atoms with Crippen LogP contribution in [0.25, 0.3) is 10.2 Å². The highest BCUT2D eigenvalue weighted by atomic mass is 35.5. The zero-order valence-corrected chi connectivity index (χ0v) is 19.7. The fourth-order valence-electron chi connectivity index (χ4n) is 5.12. The third-order valence-corrected chi connectivity index (χ3v) is 8.64. The average molecular weight is 477 g/mol. The average Bonchev–Trinajstić information content (AvgIpc) is 3.21. The molecule has 2 bridgehead atoms. The molecule has 0 radical (unpaired) electrons. The second-order valence-electron chi connectivity index (χ2n) is 8.80. The van der Waals surface area contributed by atoms with Gasteiger partial charge in [0.1, 0.15) is 21.1 Å². The summed E-state index contributed by atoms with van der Waals surface area (Å²) in [6.45, 7) is 0.901. The molecule has 0 saturated carbocycles. The summed E-state index contributed by atoms with van der Waals surface area (Å²) in [4.78, 5) is 7.07. The standard InChI is InChI=1S/C23H25ClN2O3S2/c1-31(27,28)14-16-11-17-7-8-18(12-16)26(17)13-15-5-9-19(10-6-15)29-23-25-22-20(24)3-2-4-21(22)30-23/h2-6,9-10,16-18H,7-8,11-14H2,1H3/t16?,17-,18+. The lowest BCUT2D eigenvalue weighted by atomic mass is 9.92. The van der Waals surface area contributed by atoms with E-state index in [9.17, 15) is 8.42 Å². The Kier molecular flexibility index (Phi) is 5.71. The molecule has 1 unspecified atom stereocenters. The molecule has 2 aromatic carbocycles. The molecule has 2 saturated heterocycles. The molecule has 1 aromatic heterocycles. The first-order valence-corrected chi connectivity index (χ1v) is 13.8. The van der Waals surface area contributed by atoms with E-state index in [0.717, 1.165) is 35.4 Å². The number of para-hydroxylation sites is 1. The van der Waals surface area contributed by atoms with Gasteiger partial charge in [0.15, 0.2) is 0 Å². The van der Waals surface area contributed by atoms with Crippen LogP contribution in [0.15, 0.2) is 42.5 Å². The van der Waals surface area contributed by atoms with Crippen LogP contribution in [0.3, 0.4) is 0 Å². The quantitative estimate of drug-likeness (QED) is 0.468. The summed E-state index contributed by atoms with van der Waals surface area (Å²) in [5.41, 5.74) is 2.02. The van der Waals surface area contributed by atoms with Crippen molar-refractivity contribution in [3.8, 4) is 10.9 Å². The van der Waals surface area contributed by atoms with E-state index < -0.39 is 9.84 Å². The van der Waals surface area contributed by atoms with Crippen LogP contribution in [0.2, 0.25) is 5.02 Å². The lowest BCUT2D eigenvalue weighted by Crippen LogP contribution is -2.43. The van der Waals surface area contributed by atoms with E-state index >= 15 is 0 Å². The van der Waals surface area contributed by atoms with Gasteiger partial charge in [-0.15, -0.1) is 0 Å². The molecular formula is C23H25ClN2O3S2. The van der Waals surface area contributed by atoms with E-state index in [1.165, 1.54) is 36.0 Å². The van der Waals surface area contributed by atoms with Crippen molar-refractivity contribution >= 4 is 43.0 Å². The van der Waals surface area contributed by atoms with Crippen molar-refractivity contribution in [2.24, 2.45) is 5.92 Å². The van der Waals surface area contributed by atoms with Crippen LogP contribution in [0.4, 0.5) is 0 Å². The maximum atomic E-state index is 11.7. The van der Waals surface area contributed by atoms with Gasteiger partial charge >= 0.3 is 0 Å². The number of rotatable bonds is 6. The molecule has 2 aliphatic heterocycles. The van der Waals surface area contributed by atoms with Gasteiger partial charge < -0.3 is 4.74 Å². The van der Waals surface area contributed by atoms with Gasteiger partial charge in [-0.05, 0) is 61.4 Å². The van der Waals surface area contributed by atoms with Crippen LogP contribution in [-0.4, -0.2) is 42.4 Å². The van der Waals surface area contributed by atoms with Crippen LogP contribution < -0.4 is 4.74 Å². The van der Waals surface area contributed by atoms with Gasteiger partial charge in [-0.25, -0.2) is 13.4 Å². The predicted octanol–water partition coefficient (Wildman–Crippen LogP) is 5.53. The largest absolute Gasteiger partial charge is 0.431 e. The first-order chi connectivity index (χ1) is 14.8. The van der Waals surface area contributed by atoms with E-state index in [1.807, 2.05) is 30.3 Å². The molecule has 3 atom stereocenters. The van der Waals surface area contributed by atoms with E-state index in [0.29, 0.717) is 34.0 Å². The SMILES string of the molecule is CS(=O)(=O)CC1C[C@H]2CC[C@@H](C1)N2Cc1ccc(Oc2nc3c(Cl)cccc3s2)cc1. The lowest BCUT2D eigenvalue weighted by Gasteiger charge is -2.38. The summed E-state index contributed by atoms with van der Waals surface area (Å²) in [5.74, 6) is 1.40. The second kappa shape index (κ2) is 8.35. The van der Waals surface area contributed by atoms with Crippen LogP contribution in [0, 0.1) is 5.92 Å². The smallest absolute Gasteiger partial charge is 0.279 e. The molecule has 8 heteroatoms. The molecule has 0 amide bonds. The minimum atomic E-state index is -2.91. The van der Waals surface area contributed by atoms with Gasteiger partial charge in [-0.2, -0.15) is 0 Å². The zero-order valence-electron chi connectivity index (χ0n) is 17.3. The van der Waals surface area contributed by atoms with Crippen molar-refractivity contribution in [3.05, 3.63) is 53.1 Å². The van der Waals surface area contributed by atoms with Gasteiger partial charge in [0, 0.05) is 24.9 Å². The van der Waals surface area contributed by atoms with Crippen LogP contribution in [0.5, 0.6) is 10.9 Å². The molecule has 0 aliphatic carbocycles. The molecule has 3 heterocycles. The third-order valence-electron chi connectivity index (χ3n) is 6.36. The number of nitrogens with zero attached hydrogens (tertiary/aromatic N) is 2. The summed E-state index contributed by atoms with van der Waals surface area (Å²) in [6.07, 6.45) is 5.68. The predicted molar refractivity (Wildman–Crippen MR) is 126 cm³/mol. The second-order valence-corrected chi connectivity index (χ2v) is 12.4. The highest BCUT2D eigenvalue weighted by Crippen LogP contribution is 2.40. The van der Waals surface area contributed by atoms with E-state index in [4.69, 9.17) is 16.3 Å². The van der Waals surface area contributed by atoms with Gasteiger partial charge in [-0.1, -0.05) is 41.1 Å². The van der Waals surface area contributed by atoms with Crippen molar-refractivity contribution < 1.29 is 13.2 Å². The monoisotopic (exact) mass is 476 g/mol. The molecule has 0 spiro atoms. The molecule has 3 aromatic rings. The normalized spacial score (nSPS) is 24.0. The Bertz CT molecular complexity index is 1180. The lowest BCUT2D eigenvalue weighted by molar-refractivity contribution is 0.103. The minimum absolute atomic E-state index is 0.307. The fourth-order valence-corrected chi connectivity index (χ4v) is 7.39. The fraction of sp³-hybridized carbons (Fsp3) is 0.435. The summed E-state index contributed by atoms with van der Waals surface area (Å²) in [6, 6.07) is 14.9. The number of benzene rings is 2. The topological polar surface area (TPSA) is 59.5 Å². The van der Waals surface area contributed by atoms with Gasteiger partial charge in [0.2, 0.25) is 0 Å². The number of thiazole rings is 1. The summed E-state index contributed by atoms with van der Waals surface area (Å²) in [5, 5.41) is 1.22. The van der Waals surface area contributed by atoms with Crippen LogP contribution in [-0.2, 0) is 16.4 Å². The molecule has 164 valence electrons. The van der Waals surface area contributed by atoms with Crippen LogP contribution >= 0.6 is 22.9 Å². The Labute approximate surface area is 191 Å². The number of fused-ring (bicyclic) bond motifs is 3. The van der Waals surface area contributed by atoms with Crippen molar-refractivity contribution in [1.29, 1.82) is 0 Å². The number of piperidine rings is 1. The molecule has 5 rings (SSSR count). The highest BCUT2D eigenvalue weighted by molar-refractivity contribution is 7.90. The number of ether oxygens (including phenoxy) is 1. The van der Waals surface area contributed by atoms with Crippen molar-refractivity contribution in [1.82, 2.24) is 9.88 Å². The molecule has 31 heavy (non-hydrogen) atoms. The van der Waals surface area contributed by atoms with Crippen molar-refractivity contribution in [2.75, 3.05) is 12.0 Å². The van der Waals surface area contributed by atoms with Crippen molar-refractivity contribution in [3.63, 3.8) is 0 Å². The number of hydrogen-bond acceptors (Lipinski definition) is 6. The molecule has 2 aliphatic rings. The Morgan fingerprint density at radius 1 is 1.13 bits per heavy atom. The van der Waals surface area contributed by atoms with Crippen LogP contribution in [0.1, 0.15) is 31.2 Å². The number of aromatic nitrogens is 1. The van der Waals surface area contributed by atoms with Gasteiger partial charge in [-0.3, -0.25) is 4.90 Å². The summed E-state index contributed by atoms with van der Waals surface area (Å²) in [7, 11) is -2.91. The zero-order chi connectivity index (χ0) is 21.6. The van der Waals surface area contributed by atoms with Gasteiger partial charge in [0.05, 0.1) is 15.5 Å². The molecule has 2 fully saturated rings. The maximum absolute atomic E-state index is 11.7. The Hall–Kier alpha value is -1.67. The Balaban J connectivity index is 1.23. The number of hydrogen-bond donors (Lipinski definition) is 0. The molecule has 5 nitrogen and oxygen atoms in total. The minimum Gasteiger partial charge on any atom is -0.431 e. The third kappa shape index (κ3) is 4.75. The maximum Gasteiger partial charge on any atom is 0.279 e. The number of halogens is 1.